The van der Waals surface area contributed by atoms with Crippen LogP contribution in [0, 0.1) is 11.6 Å². The van der Waals surface area contributed by atoms with Gasteiger partial charge in [0.2, 0.25) is 0 Å². The Bertz CT molecular complexity index is 445. The van der Waals surface area contributed by atoms with Crippen LogP contribution in [-0.2, 0) is 6.54 Å². The zero-order valence-corrected chi connectivity index (χ0v) is 10.7. The van der Waals surface area contributed by atoms with Gasteiger partial charge in [0.1, 0.15) is 0 Å². The second-order valence-electron chi connectivity index (χ2n) is 4.91. The van der Waals surface area contributed by atoms with Crippen LogP contribution < -0.4 is 10.6 Å². The van der Waals surface area contributed by atoms with Crippen LogP contribution in [0.15, 0.2) is 18.2 Å². The van der Waals surface area contributed by atoms with E-state index in [-0.39, 0.29) is 18.6 Å². The molecule has 2 N–H and O–H groups in total. The van der Waals surface area contributed by atoms with Crippen LogP contribution in [0.4, 0.5) is 13.6 Å². The second-order valence-corrected chi connectivity index (χ2v) is 4.91. The quantitative estimate of drug-likeness (QED) is 0.869. The summed E-state index contributed by atoms with van der Waals surface area (Å²) < 4.78 is 25.7. The summed E-state index contributed by atoms with van der Waals surface area (Å²) in [6.07, 6.45) is 5.55. The molecule has 1 saturated carbocycles. The van der Waals surface area contributed by atoms with Crippen molar-refractivity contribution in [1.29, 1.82) is 0 Å². The van der Waals surface area contributed by atoms with E-state index in [1.165, 1.54) is 12.5 Å². The molecule has 0 saturated heterocycles. The fourth-order valence-electron chi connectivity index (χ4n) is 2.32. The number of rotatable bonds is 3. The highest BCUT2D eigenvalue weighted by molar-refractivity contribution is 5.74. The molecular formula is C14H18F2N2O. The number of urea groups is 1. The van der Waals surface area contributed by atoms with E-state index < -0.39 is 11.6 Å². The van der Waals surface area contributed by atoms with Gasteiger partial charge in [0.15, 0.2) is 11.6 Å². The van der Waals surface area contributed by atoms with Crippen molar-refractivity contribution in [3.05, 3.63) is 35.4 Å². The highest BCUT2D eigenvalue weighted by Crippen LogP contribution is 2.17. The van der Waals surface area contributed by atoms with Gasteiger partial charge in [0.05, 0.1) is 0 Å². The normalized spacial score (nSPS) is 16.1. The van der Waals surface area contributed by atoms with Gasteiger partial charge in [-0.3, -0.25) is 0 Å². The third-order valence-electron chi connectivity index (χ3n) is 3.38. The highest BCUT2D eigenvalue weighted by Gasteiger charge is 2.15. The van der Waals surface area contributed by atoms with Crippen LogP contribution in [0.1, 0.15) is 37.7 Å². The van der Waals surface area contributed by atoms with Gasteiger partial charge < -0.3 is 10.6 Å². The van der Waals surface area contributed by atoms with Crippen molar-refractivity contribution in [2.24, 2.45) is 0 Å². The van der Waals surface area contributed by atoms with Gasteiger partial charge in [-0.2, -0.15) is 0 Å². The Balaban J connectivity index is 1.77. The number of carbonyl (C=O) groups is 1. The summed E-state index contributed by atoms with van der Waals surface area (Å²) in [6, 6.07) is 3.59. The van der Waals surface area contributed by atoms with E-state index in [1.54, 1.807) is 0 Å². The average molecular weight is 268 g/mol. The van der Waals surface area contributed by atoms with Crippen molar-refractivity contribution in [2.75, 3.05) is 0 Å². The Morgan fingerprint density at radius 3 is 2.58 bits per heavy atom. The largest absolute Gasteiger partial charge is 0.335 e. The predicted octanol–water partition coefficient (Wildman–Crippen LogP) is 3.10. The number of halogens is 2. The molecule has 1 aliphatic rings. The third kappa shape index (κ3) is 4.19. The third-order valence-corrected chi connectivity index (χ3v) is 3.38. The maximum Gasteiger partial charge on any atom is 0.315 e. The van der Waals surface area contributed by atoms with E-state index in [0.717, 1.165) is 37.8 Å². The number of hydrogen-bond acceptors (Lipinski definition) is 1. The van der Waals surface area contributed by atoms with Crippen LogP contribution >= 0.6 is 0 Å². The monoisotopic (exact) mass is 268 g/mol. The Morgan fingerprint density at radius 2 is 1.89 bits per heavy atom. The minimum absolute atomic E-state index is 0.190. The number of amides is 2. The lowest BCUT2D eigenvalue weighted by molar-refractivity contribution is 0.232. The molecule has 0 radical (unpaired) electrons. The molecular weight excluding hydrogens is 250 g/mol. The Labute approximate surface area is 111 Å². The molecule has 1 aromatic carbocycles. The van der Waals surface area contributed by atoms with E-state index >= 15 is 0 Å². The van der Waals surface area contributed by atoms with Gasteiger partial charge in [-0.1, -0.05) is 25.3 Å². The first-order chi connectivity index (χ1) is 9.15. The van der Waals surface area contributed by atoms with Gasteiger partial charge in [-0.25, -0.2) is 13.6 Å². The summed E-state index contributed by atoms with van der Waals surface area (Å²) in [5.74, 6) is -1.78. The molecule has 1 aliphatic carbocycles. The van der Waals surface area contributed by atoms with Crippen molar-refractivity contribution in [2.45, 2.75) is 44.7 Å². The van der Waals surface area contributed by atoms with E-state index in [1.807, 2.05) is 0 Å². The highest BCUT2D eigenvalue weighted by atomic mass is 19.2. The van der Waals surface area contributed by atoms with Gasteiger partial charge in [0.25, 0.3) is 0 Å². The molecule has 0 heterocycles. The number of hydrogen-bond donors (Lipinski definition) is 2. The fourth-order valence-corrected chi connectivity index (χ4v) is 2.32. The Hall–Kier alpha value is -1.65. The molecule has 19 heavy (non-hydrogen) atoms. The Morgan fingerprint density at radius 1 is 1.16 bits per heavy atom. The molecule has 2 amide bonds. The topological polar surface area (TPSA) is 41.1 Å². The van der Waals surface area contributed by atoms with Gasteiger partial charge in [0, 0.05) is 12.6 Å². The van der Waals surface area contributed by atoms with Crippen molar-refractivity contribution >= 4 is 6.03 Å². The molecule has 5 heteroatoms. The standard InChI is InChI=1S/C14H18F2N2O/c15-12-7-6-10(8-13(12)16)9-17-14(19)18-11-4-2-1-3-5-11/h6-8,11H,1-5,9H2,(H2,17,18,19). The smallest absolute Gasteiger partial charge is 0.315 e. The maximum atomic E-state index is 13.0. The second kappa shape index (κ2) is 6.50. The molecule has 2 rings (SSSR count). The predicted molar refractivity (Wildman–Crippen MR) is 68.6 cm³/mol. The van der Waals surface area contributed by atoms with Gasteiger partial charge in [-0.05, 0) is 30.5 Å². The molecule has 0 unspecified atom stereocenters. The first-order valence-corrected chi connectivity index (χ1v) is 6.63. The Kier molecular flexibility index (Phi) is 4.71. The number of carbonyl (C=O) groups excluding carboxylic acids is 1. The van der Waals surface area contributed by atoms with Crippen LogP contribution in [0.3, 0.4) is 0 Å². The first-order valence-electron chi connectivity index (χ1n) is 6.63. The van der Waals surface area contributed by atoms with Crippen molar-refractivity contribution < 1.29 is 13.6 Å². The summed E-state index contributed by atoms with van der Waals surface area (Å²) >= 11 is 0. The lowest BCUT2D eigenvalue weighted by atomic mass is 9.96. The number of nitrogens with one attached hydrogen (secondary N) is 2. The molecule has 0 bridgehead atoms. The fraction of sp³-hybridized carbons (Fsp3) is 0.500. The van der Waals surface area contributed by atoms with Crippen LogP contribution in [-0.4, -0.2) is 12.1 Å². The zero-order valence-electron chi connectivity index (χ0n) is 10.7. The van der Waals surface area contributed by atoms with Crippen molar-refractivity contribution in [3.8, 4) is 0 Å². The van der Waals surface area contributed by atoms with E-state index in [0.29, 0.717) is 5.56 Å². The molecule has 0 aliphatic heterocycles. The van der Waals surface area contributed by atoms with Crippen LogP contribution in [0.25, 0.3) is 0 Å². The molecule has 1 aromatic rings. The van der Waals surface area contributed by atoms with Gasteiger partial charge >= 0.3 is 6.03 Å². The molecule has 0 aromatic heterocycles. The van der Waals surface area contributed by atoms with E-state index in [4.69, 9.17) is 0 Å². The first kappa shape index (κ1) is 13.8. The minimum Gasteiger partial charge on any atom is -0.335 e. The summed E-state index contributed by atoms with van der Waals surface area (Å²) in [7, 11) is 0. The summed E-state index contributed by atoms with van der Waals surface area (Å²) in [4.78, 5) is 11.6. The van der Waals surface area contributed by atoms with Gasteiger partial charge in [-0.15, -0.1) is 0 Å². The summed E-state index contributed by atoms with van der Waals surface area (Å²) in [5.41, 5.74) is 0.540. The lowest BCUT2D eigenvalue weighted by Gasteiger charge is -2.22. The number of benzene rings is 1. The van der Waals surface area contributed by atoms with Crippen molar-refractivity contribution in [1.82, 2.24) is 10.6 Å². The van der Waals surface area contributed by atoms with Crippen LogP contribution in [0.5, 0.6) is 0 Å². The molecule has 0 spiro atoms. The molecule has 1 fully saturated rings. The average Bonchev–Trinajstić information content (AvgIpc) is 2.41. The lowest BCUT2D eigenvalue weighted by Crippen LogP contribution is -2.42. The van der Waals surface area contributed by atoms with E-state index in [2.05, 4.69) is 10.6 Å². The van der Waals surface area contributed by atoms with E-state index in [9.17, 15) is 13.6 Å². The summed E-state index contributed by atoms with van der Waals surface area (Å²) in [6.45, 7) is 0.190. The summed E-state index contributed by atoms with van der Waals surface area (Å²) in [5, 5.41) is 5.55. The molecule has 0 atom stereocenters. The molecule has 104 valence electrons. The minimum atomic E-state index is -0.896. The van der Waals surface area contributed by atoms with Crippen LogP contribution in [0.2, 0.25) is 0 Å². The maximum absolute atomic E-state index is 13.0. The SMILES string of the molecule is O=C(NCc1ccc(F)c(F)c1)NC1CCCCC1. The molecule has 3 nitrogen and oxygen atoms in total. The van der Waals surface area contributed by atoms with Crippen molar-refractivity contribution in [3.63, 3.8) is 0 Å². The zero-order chi connectivity index (χ0) is 13.7.